The van der Waals surface area contributed by atoms with Gasteiger partial charge < -0.3 is 10.1 Å². The zero-order valence-electron chi connectivity index (χ0n) is 14.8. The number of hydrogen-bond acceptors (Lipinski definition) is 2. The predicted octanol–water partition coefficient (Wildman–Crippen LogP) is 4.55. The second-order valence-electron chi connectivity index (χ2n) is 7.94. The molecule has 0 fully saturated rings. The zero-order chi connectivity index (χ0) is 17.1. The summed E-state index contributed by atoms with van der Waals surface area (Å²) in [6, 6.07) is 13.9. The van der Waals surface area contributed by atoms with E-state index in [1.807, 2.05) is 56.3 Å². The molecule has 3 heteroatoms. The summed E-state index contributed by atoms with van der Waals surface area (Å²) >= 11 is 0. The van der Waals surface area contributed by atoms with E-state index in [-0.39, 0.29) is 23.5 Å². The van der Waals surface area contributed by atoms with Gasteiger partial charge >= 0.3 is 0 Å². The number of carbonyl (C=O) groups is 1. The summed E-state index contributed by atoms with van der Waals surface area (Å²) in [5.41, 5.74) is -0.0925. The first-order chi connectivity index (χ1) is 10.7. The fourth-order valence-electron chi connectivity index (χ4n) is 3.25. The van der Waals surface area contributed by atoms with Crippen LogP contribution in [0, 0.1) is 5.41 Å². The summed E-state index contributed by atoms with van der Waals surface area (Å²) in [4.78, 5) is 12.2. The van der Waals surface area contributed by atoms with E-state index in [4.69, 9.17) is 4.74 Å². The molecule has 0 aliphatic rings. The van der Waals surface area contributed by atoms with Gasteiger partial charge in [0.1, 0.15) is 5.75 Å². The van der Waals surface area contributed by atoms with E-state index in [0.29, 0.717) is 0 Å². The summed E-state index contributed by atoms with van der Waals surface area (Å²) < 4.78 is 5.75. The van der Waals surface area contributed by atoms with E-state index < -0.39 is 0 Å². The van der Waals surface area contributed by atoms with E-state index in [9.17, 15) is 4.79 Å². The van der Waals surface area contributed by atoms with Gasteiger partial charge in [-0.2, -0.15) is 0 Å². The third kappa shape index (κ3) is 5.27. The number of fused-ring (bicyclic) bond motifs is 1. The number of hydrogen-bond donors (Lipinski definition) is 1. The van der Waals surface area contributed by atoms with Crippen molar-refractivity contribution in [2.45, 2.75) is 46.6 Å². The molecule has 1 amide bonds. The Morgan fingerprint density at radius 3 is 2.35 bits per heavy atom. The van der Waals surface area contributed by atoms with Crippen LogP contribution in [0.4, 0.5) is 0 Å². The quantitative estimate of drug-likeness (QED) is 0.879. The summed E-state index contributed by atoms with van der Waals surface area (Å²) in [6.07, 6.45) is 0.903. The van der Waals surface area contributed by atoms with E-state index in [1.54, 1.807) is 0 Å². The molecule has 2 aromatic carbocycles. The number of carbonyl (C=O) groups excluding carboxylic acids is 1. The number of nitrogens with one attached hydrogen (secondary N) is 1. The normalized spacial score (nSPS) is 12.2. The molecule has 23 heavy (non-hydrogen) atoms. The van der Waals surface area contributed by atoms with Crippen LogP contribution < -0.4 is 10.1 Å². The zero-order valence-corrected chi connectivity index (χ0v) is 14.8. The summed E-state index contributed by atoms with van der Waals surface area (Å²) in [5.74, 6) is 0.652. The first-order valence-electron chi connectivity index (χ1n) is 8.08. The Morgan fingerprint density at radius 1 is 1.00 bits per heavy atom. The predicted molar refractivity (Wildman–Crippen MR) is 95.7 cm³/mol. The third-order valence-electron chi connectivity index (χ3n) is 3.56. The van der Waals surface area contributed by atoms with Gasteiger partial charge in [-0.3, -0.25) is 4.79 Å². The number of rotatable bonds is 5. The molecule has 0 atom stereocenters. The lowest BCUT2D eigenvalue weighted by atomic mass is 9.82. The van der Waals surface area contributed by atoms with Gasteiger partial charge in [0.25, 0.3) is 5.91 Å². The van der Waals surface area contributed by atoms with Crippen molar-refractivity contribution in [3.63, 3.8) is 0 Å². The Bertz CT molecular complexity index is 678. The van der Waals surface area contributed by atoms with Gasteiger partial charge in [-0.25, -0.2) is 0 Å². The van der Waals surface area contributed by atoms with Gasteiger partial charge in [-0.1, -0.05) is 57.2 Å². The third-order valence-corrected chi connectivity index (χ3v) is 3.56. The van der Waals surface area contributed by atoms with E-state index in [0.717, 1.165) is 22.9 Å². The van der Waals surface area contributed by atoms with Crippen LogP contribution in [0.1, 0.15) is 41.0 Å². The lowest BCUT2D eigenvalue weighted by Gasteiger charge is -2.33. The molecule has 0 radical (unpaired) electrons. The van der Waals surface area contributed by atoms with E-state index >= 15 is 0 Å². The molecule has 0 saturated carbocycles. The van der Waals surface area contributed by atoms with Crippen molar-refractivity contribution < 1.29 is 9.53 Å². The second-order valence-corrected chi connectivity index (χ2v) is 7.94. The SMILES string of the molecule is CC(C)(C)CC(C)(C)NC(=O)COc1cccc2ccccc12. The van der Waals surface area contributed by atoms with Crippen LogP contribution >= 0.6 is 0 Å². The van der Waals surface area contributed by atoms with Crippen molar-refractivity contribution >= 4 is 16.7 Å². The smallest absolute Gasteiger partial charge is 0.258 e. The molecule has 2 aromatic rings. The van der Waals surface area contributed by atoms with Gasteiger partial charge in [0, 0.05) is 10.9 Å². The van der Waals surface area contributed by atoms with Crippen LogP contribution in [0.3, 0.4) is 0 Å². The van der Waals surface area contributed by atoms with Crippen LogP contribution in [-0.2, 0) is 4.79 Å². The second kappa shape index (κ2) is 6.61. The highest BCUT2D eigenvalue weighted by atomic mass is 16.5. The minimum absolute atomic E-state index is 0.0293. The molecule has 124 valence electrons. The van der Waals surface area contributed by atoms with Crippen LogP contribution in [0.5, 0.6) is 5.75 Å². The first-order valence-corrected chi connectivity index (χ1v) is 8.08. The average molecular weight is 313 g/mol. The molecule has 0 unspecified atom stereocenters. The Kier molecular flexibility index (Phi) is 4.98. The van der Waals surface area contributed by atoms with Gasteiger partial charge in [-0.05, 0) is 37.1 Å². The first kappa shape index (κ1) is 17.3. The lowest BCUT2D eigenvalue weighted by Crippen LogP contribution is -2.47. The topological polar surface area (TPSA) is 38.3 Å². The maximum Gasteiger partial charge on any atom is 0.258 e. The Hall–Kier alpha value is -2.03. The maximum absolute atomic E-state index is 12.2. The molecule has 0 heterocycles. The molecular formula is C20H27NO2. The highest BCUT2D eigenvalue weighted by Crippen LogP contribution is 2.27. The number of amides is 1. The molecule has 0 aromatic heterocycles. The molecular weight excluding hydrogens is 286 g/mol. The Balaban J connectivity index is 1.99. The Labute approximate surface area is 139 Å². The van der Waals surface area contributed by atoms with Crippen LogP contribution in [-0.4, -0.2) is 18.1 Å². The Morgan fingerprint density at radius 2 is 1.65 bits per heavy atom. The highest BCUT2D eigenvalue weighted by molar-refractivity contribution is 5.88. The summed E-state index contributed by atoms with van der Waals surface area (Å²) in [6.45, 7) is 10.7. The lowest BCUT2D eigenvalue weighted by molar-refractivity contribution is -0.124. The molecule has 2 rings (SSSR count). The van der Waals surface area contributed by atoms with Crippen LogP contribution in [0.25, 0.3) is 10.8 Å². The van der Waals surface area contributed by atoms with E-state index in [1.165, 1.54) is 0 Å². The van der Waals surface area contributed by atoms with Gasteiger partial charge in [-0.15, -0.1) is 0 Å². The van der Waals surface area contributed by atoms with Gasteiger partial charge in [0.2, 0.25) is 0 Å². The molecule has 0 spiro atoms. The fraction of sp³-hybridized carbons (Fsp3) is 0.450. The van der Waals surface area contributed by atoms with Crippen LogP contribution in [0.2, 0.25) is 0 Å². The minimum atomic E-state index is -0.253. The molecule has 1 N–H and O–H groups in total. The van der Waals surface area contributed by atoms with Crippen LogP contribution in [0.15, 0.2) is 42.5 Å². The average Bonchev–Trinajstić information content (AvgIpc) is 2.41. The number of ether oxygens (including phenoxy) is 1. The molecule has 0 saturated heterocycles. The summed E-state index contributed by atoms with van der Waals surface area (Å²) in [5, 5.41) is 5.20. The molecule has 3 nitrogen and oxygen atoms in total. The van der Waals surface area contributed by atoms with Crippen molar-refractivity contribution in [3.8, 4) is 5.75 Å². The van der Waals surface area contributed by atoms with Crippen molar-refractivity contribution in [1.29, 1.82) is 0 Å². The maximum atomic E-state index is 12.2. The highest BCUT2D eigenvalue weighted by Gasteiger charge is 2.27. The summed E-state index contributed by atoms with van der Waals surface area (Å²) in [7, 11) is 0. The standard InChI is InChI=1S/C20H27NO2/c1-19(2,3)14-20(4,5)21-18(22)13-23-17-12-8-10-15-9-6-7-11-16(15)17/h6-12H,13-14H2,1-5H3,(H,21,22). The van der Waals surface area contributed by atoms with Crippen molar-refractivity contribution in [3.05, 3.63) is 42.5 Å². The van der Waals surface area contributed by atoms with E-state index in [2.05, 4.69) is 26.1 Å². The van der Waals surface area contributed by atoms with Gasteiger partial charge in [0.15, 0.2) is 6.61 Å². The largest absolute Gasteiger partial charge is 0.483 e. The van der Waals surface area contributed by atoms with Gasteiger partial charge in [0.05, 0.1) is 0 Å². The molecule has 0 aliphatic heterocycles. The van der Waals surface area contributed by atoms with Crippen molar-refractivity contribution in [2.75, 3.05) is 6.61 Å². The van der Waals surface area contributed by atoms with Crippen molar-refractivity contribution in [2.24, 2.45) is 5.41 Å². The number of benzene rings is 2. The molecule has 0 bridgehead atoms. The molecule has 0 aliphatic carbocycles. The fourth-order valence-corrected chi connectivity index (χ4v) is 3.25. The minimum Gasteiger partial charge on any atom is -0.483 e. The van der Waals surface area contributed by atoms with Crippen molar-refractivity contribution in [1.82, 2.24) is 5.32 Å². The monoisotopic (exact) mass is 313 g/mol.